The van der Waals surface area contributed by atoms with Gasteiger partial charge in [-0.3, -0.25) is 9.59 Å². The minimum Gasteiger partial charge on any atom is -0.467 e. The highest BCUT2D eigenvalue weighted by Gasteiger charge is 2.40. The van der Waals surface area contributed by atoms with Crippen molar-refractivity contribution in [2.24, 2.45) is 5.41 Å². The van der Waals surface area contributed by atoms with E-state index in [9.17, 15) is 9.59 Å². The second-order valence-electron chi connectivity index (χ2n) is 6.85. The van der Waals surface area contributed by atoms with Crippen molar-refractivity contribution >= 4 is 17.6 Å². The first kappa shape index (κ1) is 18.0. The molecule has 2 amide bonds. The first-order valence-corrected chi connectivity index (χ1v) is 8.74. The molecule has 2 aromatic heterocycles. The minimum atomic E-state index is -1.13. The Hall–Kier alpha value is -2.83. The van der Waals surface area contributed by atoms with Crippen LogP contribution in [0, 0.1) is 5.41 Å². The molecule has 0 aliphatic carbocycles. The third-order valence-corrected chi connectivity index (χ3v) is 4.65. The van der Waals surface area contributed by atoms with E-state index in [1.165, 1.54) is 0 Å². The van der Waals surface area contributed by atoms with Crippen LogP contribution in [-0.2, 0) is 16.1 Å². The second kappa shape index (κ2) is 7.59. The van der Waals surface area contributed by atoms with Crippen LogP contribution in [0.25, 0.3) is 0 Å². The summed E-state index contributed by atoms with van der Waals surface area (Å²) in [6.45, 7) is 6.15. The number of amides is 2. The van der Waals surface area contributed by atoms with Crippen LogP contribution in [0.1, 0.15) is 19.6 Å². The summed E-state index contributed by atoms with van der Waals surface area (Å²) in [6.07, 6.45) is 3.32. The fourth-order valence-corrected chi connectivity index (χ4v) is 2.97. The van der Waals surface area contributed by atoms with E-state index in [4.69, 9.17) is 4.42 Å². The largest absolute Gasteiger partial charge is 0.467 e. The van der Waals surface area contributed by atoms with Gasteiger partial charge in [-0.1, -0.05) is 6.07 Å². The lowest BCUT2D eigenvalue weighted by Crippen LogP contribution is -2.55. The monoisotopic (exact) mass is 356 g/mol. The van der Waals surface area contributed by atoms with Gasteiger partial charge in [-0.25, -0.2) is 4.98 Å². The molecule has 1 aliphatic rings. The van der Waals surface area contributed by atoms with Crippen LogP contribution >= 0.6 is 0 Å². The fourth-order valence-electron chi connectivity index (χ4n) is 2.97. The fraction of sp³-hybridized carbons (Fsp3) is 0.421. The molecule has 0 bridgehead atoms. The Bertz CT molecular complexity index is 735. The van der Waals surface area contributed by atoms with Crippen molar-refractivity contribution in [3.8, 4) is 0 Å². The van der Waals surface area contributed by atoms with Crippen molar-refractivity contribution in [1.82, 2.24) is 15.2 Å². The Kier molecular flexibility index (Phi) is 5.25. The number of rotatable bonds is 5. The molecule has 3 heterocycles. The molecule has 7 nitrogen and oxygen atoms in total. The van der Waals surface area contributed by atoms with Gasteiger partial charge < -0.3 is 19.5 Å². The van der Waals surface area contributed by atoms with Gasteiger partial charge in [-0.05, 0) is 38.1 Å². The molecule has 2 aromatic rings. The van der Waals surface area contributed by atoms with E-state index in [1.807, 2.05) is 18.2 Å². The molecule has 1 fully saturated rings. The van der Waals surface area contributed by atoms with Gasteiger partial charge in [0.1, 0.15) is 17.0 Å². The number of nitrogens with one attached hydrogen (secondary N) is 1. The van der Waals surface area contributed by atoms with E-state index in [1.54, 1.807) is 43.3 Å². The Morgan fingerprint density at radius 3 is 2.54 bits per heavy atom. The SMILES string of the molecule is CC(C)(C(=O)NCc1ccco1)C(=O)N1CCN(c2ccccn2)CC1. The van der Waals surface area contributed by atoms with Gasteiger partial charge in [0.15, 0.2) is 0 Å². The number of hydrogen-bond donors (Lipinski definition) is 1. The van der Waals surface area contributed by atoms with Crippen molar-refractivity contribution in [3.05, 3.63) is 48.6 Å². The maximum Gasteiger partial charge on any atom is 0.237 e. The summed E-state index contributed by atoms with van der Waals surface area (Å²) in [5.74, 6) is 1.11. The number of anilines is 1. The van der Waals surface area contributed by atoms with Gasteiger partial charge in [-0.15, -0.1) is 0 Å². The van der Waals surface area contributed by atoms with Crippen LogP contribution < -0.4 is 10.2 Å². The first-order valence-electron chi connectivity index (χ1n) is 8.74. The molecule has 0 spiro atoms. The Balaban J connectivity index is 1.55. The lowest BCUT2D eigenvalue weighted by atomic mass is 9.90. The molecule has 0 radical (unpaired) electrons. The molecule has 0 unspecified atom stereocenters. The Morgan fingerprint density at radius 2 is 1.92 bits per heavy atom. The number of carbonyl (C=O) groups is 2. The lowest BCUT2D eigenvalue weighted by Gasteiger charge is -2.38. The van der Waals surface area contributed by atoms with Gasteiger partial charge >= 0.3 is 0 Å². The molecular weight excluding hydrogens is 332 g/mol. The summed E-state index contributed by atoms with van der Waals surface area (Å²) >= 11 is 0. The predicted molar refractivity (Wildman–Crippen MR) is 97.4 cm³/mol. The molecule has 1 N–H and O–H groups in total. The standard InChI is InChI=1S/C19H24N4O3/c1-19(2,17(24)21-14-15-6-5-13-26-15)18(25)23-11-9-22(10-12-23)16-7-3-4-8-20-16/h3-8,13H,9-12,14H2,1-2H3,(H,21,24). The molecule has 138 valence electrons. The van der Waals surface area contributed by atoms with Crippen LogP contribution in [0.4, 0.5) is 5.82 Å². The zero-order valence-electron chi connectivity index (χ0n) is 15.1. The molecule has 26 heavy (non-hydrogen) atoms. The summed E-state index contributed by atoms with van der Waals surface area (Å²) in [5, 5.41) is 2.78. The van der Waals surface area contributed by atoms with Crippen molar-refractivity contribution in [1.29, 1.82) is 0 Å². The van der Waals surface area contributed by atoms with Crippen LogP contribution in [0.15, 0.2) is 47.2 Å². The normalized spacial score (nSPS) is 15.0. The smallest absolute Gasteiger partial charge is 0.237 e. The van der Waals surface area contributed by atoms with Crippen molar-refractivity contribution < 1.29 is 14.0 Å². The average molecular weight is 356 g/mol. The maximum atomic E-state index is 12.9. The van der Waals surface area contributed by atoms with Crippen molar-refractivity contribution in [2.75, 3.05) is 31.1 Å². The lowest BCUT2D eigenvalue weighted by molar-refractivity contribution is -0.148. The molecule has 1 saturated heterocycles. The zero-order chi connectivity index (χ0) is 18.6. The number of piperazine rings is 1. The van der Waals surface area contributed by atoms with Gasteiger partial charge in [0.25, 0.3) is 0 Å². The van der Waals surface area contributed by atoms with Crippen molar-refractivity contribution in [3.63, 3.8) is 0 Å². The van der Waals surface area contributed by atoms with Gasteiger partial charge in [0, 0.05) is 32.4 Å². The maximum absolute atomic E-state index is 12.9. The summed E-state index contributed by atoms with van der Waals surface area (Å²) < 4.78 is 5.21. The average Bonchev–Trinajstić information content (AvgIpc) is 3.20. The van der Waals surface area contributed by atoms with E-state index >= 15 is 0 Å². The number of furan rings is 1. The molecule has 0 aromatic carbocycles. The zero-order valence-corrected chi connectivity index (χ0v) is 15.1. The summed E-state index contributed by atoms with van der Waals surface area (Å²) in [4.78, 5) is 33.6. The summed E-state index contributed by atoms with van der Waals surface area (Å²) in [7, 11) is 0. The van der Waals surface area contributed by atoms with E-state index in [0.29, 0.717) is 31.9 Å². The summed E-state index contributed by atoms with van der Waals surface area (Å²) in [5.41, 5.74) is -1.13. The van der Waals surface area contributed by atoms with E-state index < -0.39 is 5.41 Å². The van der Waals surface area contributed by atoms with E-state index in [2.05, 4.69) is 15.2 Å². The highest BCUT2D eigenvalue weighted by Crippen LogP contribution is 2.22. The number of pyridine rings is 1. The molecule has 0 atom stereocenters. The minimum absolute atomic E-state index is 0.157. The molecule has 7 heteroatoms. The Labute approximate surface area is 153 Å². The molecule has 3 rings (SSSR count). The first-order chi connectivity index (χ1) is 12.5. The highest BCUT2D eigenvalue weighted by molar-refractivity contribution is 6.04. The number of nitrogens with zero attached hydrogens (tertiary/aromatic N) is 3. The molecular formula is C19H24N4O3. The predicted octanol–water partition coefficient (Wildman–Crippen LogP) is 1.67. The van der Waals surface area contributed by atoms with Gasteiger partial charge in [-0.2, -0.15) is 0 Å². The number of aromatic nitrogens is 1. The van der Waals surface area contributed by atoms with Crippen LogP contribution in [0.3, 0.4) is 0 Å². The third-order valence-electron chi connectivity index (χ3n) is 4.65. The molecule has 0 saturated carbocycles. The second-order valence-corrected chi connectivity index (χ2v) is 6.85. The van der Waals surface area contributed by atoms with Gasteiger partial charge in [0.2, 0.25) is 11.8 Å². The number of carbonyl (C=O) groups excluding carboxylic acids is 2. The molecule has 1 aliphatic heterocycles. The Morgan fingerprint density at radius 1 is 1.15 bits per heavy atom. The van der Waals surface area contributed by atoms with Crippen molar-refractivity contribution in [2.45, 2.75) is 20.4 Å². The number of hydrogen-bond acceptors (Lipinski definition) is 5. The van der Waals surface area contributed by atoms with Crippen LogP contribution in [-0.4, -0.2) is 47.9 Å². The van der Waals surface area contributed by atoms with E-state index in [-0.39, 0.29) is 18.4 Å². The summed E-state index contributed by atoms with van der Waals surface area (Å²) in [6, 6.07) is 9.34. The van der Waals surface area contributed by atoms with Crippen LogP contribution in [0.2, 0.25) is 0 Å². The topological polar surface area (TPSA) is 78.7 Å². The quantitative estimate of drug-likeness (QED) is 0.825. The van der Waals surface area contributed by atoms with Gasteiger partial charge in [0.05, 0.1) is 12.8 Å². The third kappa shape index (κ3) is 3.87. The van der Waals surface area contributed by atoms with E-state index in [0.717, 1.165) is 5.82 Å². The highest BCUT2D eigenvalue weighted by atomic mass is 16.3. The van der Waals surface area contributed by atoms with Crippen LogP contribution in [0.5, 0.6) is 0 Å².